The van der Waals surface area contributed by atoms with E-state index >= 15 is 0 Å². The number of piperidine rings is 3. The largest absolute Gasteiger partial charge is 0.465 e. The molecule has 8 nitrogen and oxygen atoms in total. The summed E-state index contributed by atoms with van der Waals surface area (Å²) >= 11 is 0. The quantitative estimate of drug-likeness (QED) is 0.269. The van der Waals surface area contributed by atoms with E-state index < -0.39 is 11.8 Å². The molecule has 0 aliphatic carbocycles. The van der Waals surface area contributed by atoms with Crippen molar-refractivity contribution in [1.29, 1.82) is 0 Å². The Morgan fingerprint density at radius 2 is 1.85 bits per heavy atom. The number of carboxylic acid groups (broad SMARTS) is 1. The first-order valence-electron chi connectivity index (χ1n) is 14.2. The van der Waals surface area contributed by atoms with Gasteiger partial charge in [-0.15, -0.1) is 0 Å². The van der Waals surface area contributed by atoms with Crippen LogP contribution < -0.4 is 10.7 Å². The van der Waals surface area contributed by atoms with Crippen LogP contribution in [-0.2, 0) is 17.8 Å². The lowest BCUT2D eigenvalue weighted by Gasteiger charge is -2.48. The summed E-state index contributed by atoms with van der Waals surface area (Å²) in [6, 6.07) is 21.2. The number of carbonyl (C=O) groups is 2. The van der Waals surface area contributed by atoms with Gasteiger partial charge in [-0.3, -0.25) is 9.47 Å². The Kier molecular flexibility index (Phi) is 7.57. The van der Waals surface area contributed by atoms with Crippen molar-refractivity contribution in [2.45, 2.75) is 38.3 Å². The van der Waals surface area contributed by atoms with Crippen LogP contribution in [0, 0.1) is 5.92 Å². The Morgan fingerprint density at radius 1 is 1.05 bits per heavy atom. The summed E-state index contributed by atoms with van der Waals surface area (Å²) < 4.78 is 6.99. The zero-order valence-electron chi connectivity index (χ0n) is 22.8. The van der Waals surface area contributed by atoms with Crippen LogP contribution in [0.15, 0.2) is 82.0 Å². The third-order valence-corrected chi connectivity index (χ3v) is 8.41. The van der Waals surface area contributed by atoms with E-state index in [2.05, 4.69) is 4.90 Å². The molecule has 3 fully saturated rings. The highest BCUT2D eigenvalue weighted by Crippen LogP contribution is 2.39. The van der Waals surface area contributed by atoms with Gasteiger partial charge in [0, 0.05) is 25.1 Å². The molecule has 4 heterocycles. The summed E-state index contributed by atoms with van der Waals surface area (Å²) in [7, 11) is 0. The number of allylic oxidation sites excluding steroid dienone is 1. The normalized spacial score (nSPS) is 20.0. The molecule has 7 rings (SSSR count). The molecule has 1 N–H and O–H groups in total. The Balaban J connectivity index is 1.27. The number of nitrogens with zero attached hydrogens (tertiary/aromatic N) is 3. The minimum absolute atomic E-state index is 0.0787. The lowest BCUT2D eigenvalue weighted by atomic mass is 9.82. The van der Waals surface area contributed by atoms with E-state index in [4.69, 9.17) is 4.42 Å². The highest BCUT2D eigenvalue weighted by molar-refractivity contribution is 5.94. The maximum Gasteiger partial charge on any atom is 0.419 e. The van der Waals surface area contributed by atoms with E-state index in [9.17, 15) is 19.5 Å². The third kappa shape index (κ3) is 5.47. The molecule has 4 aromatic rings. The summed E-state index contributed by atoms with van der Waals surface area (Å²) in [4.78, 5) is 40.1. The van der Waals surface area contributed by atoms with Crippen molar-refractivity contribution >= 4 is 35.2 Å². The Morgan fingerprint density at radius 3 is 2.56 bits per heavy atom. The van der Waals surface area contributed by atoms with Gasteiger partial charge in [0.1, 0.15) is 6.29 Å². The molecule has 210 valence electrons. The van der Waals surface area contributed by atoms with Crippen LogP contribution >= 0.6 is 0 Å². The number of fused-ring (bicyclic) bond motifs is 4. The van der Waals surface area contributed by atoms with E-state index in [1.807, 2.05) is 72.8 Å². The van der Waals surface area contributed by atoms with Gasteiger partial charge in [0.05, 0.1) is 17.2 Å². The standard InChI is InChI=1S/C33H33N3O5/c37-19-15-24-10-12-28-31(21-24)41-33(40)35(28)16-5-4-6-23-9-11-27(25-7-2-1-3-8-25)29(20-23)36(32(38)39)30-22-34-17-13-26(30)14-18-34/h1-4,6-12,19-21,26,30H,5,13-18,22H2,(H,38,39). The molecule has 1 unspecified atom stereocenters. The zero-order chi connectivity index (χ0) is 28.3. The van der Waals surface area contributed by atoms with Gasteiger partial charge >= 0.3 is 11.8 Å². The maximum atomic E-state index is 12.8. The Hall–Kier alpha value is -4.43. The molecule has 41 heavy (non-hydrogen) atoms. The van der Waals surface area contributed by atoms with Crippen molar-refractivity contribution in [3.63, 3.8) is 0 Å². The Bertz CT molecular complexity index is 1650. The first kappa shape index (κ1) is 26.8. The minimum Gasteiger partial charge on any atom is -0.465 e. The molecular weight excluding hydrogens is 518 g/mol. The molecule has 3 aliphatic rings. The van der Waals surface area contributed by atoms with Gasteiger partial charge in [-0.05, 0) is 73.2 Å². The molecule has 1 aromatic heterocycles. The molecule has 1 atom stereocenters. The number of rotatable bonds is 9. The van der Waals surface area contributed by atoms with Gasteiger partial charge in [-0.2, -0.15) is 0 Å². The second kappa shape index (κ2) is 11.6. The van der Waals surface area contributed by atoms with Crippen LogP contribution in [0.3, 0.4) is 0 Å². The third-order valence-electron chi connectivity index (χ3n) is 8.41. The van der Waals surface area contributed by atoms with Crippen LogP contribution in [0.2, 0.25) is 0 Å². The van der Waals surface area contributed by atoms with Gasteiger partial charge < -0.3 is 19.2 Å². The fourth-order valence-electron chi connectivity index (χ4n) is 6.33. The van der Waals surface area contributed by atoms with Crippen molar-refractivity contribution in [2.24, 2.45) is 5.92 Å². The fourth-order valence-corrected chi connectivity index (χ4v) is 6.33. The van der Waals surface area contributed by atoms with Crippen molar-refractivity contribution in [2.75, 3.05) is 24.5 Å². The first-order chi connectivity index (χ1) is 20.0. The number of carbonyl (C=O) groups excluding carboxylic acids is 1. The van der Waals surface area contributed by atoms with Gasteiger partial charge in [-0.25, -0.2) is 9.59 Å². The van der Waals surface area contributed by atoms with Crippen LogP contribution in [0.5, 0.6) is 0 Å². The second-order valence-electron chi connectivity index (χ2n) is 10.9. The first-order valence-corrected chi connectivity index (χ1v) is 14.2. The van der Waals surface area contributed by atoms with E-state index in [1.54, 1.807) is 15.5 Å². The van der Waals surface area contributed by atoms with E-state index in [1.165, 1.54) is 0 Å². The summed E-state index contributed by atoms with van der Waals surface area (Å²) in [6.07, 6.45) is 6.78. The molecule has 3 aliphatic heterocycles. The number of hydrogen-bond donors (Lipinski definition) is 1. The molecule has 0 saturated carbocycles. The minimum atomic E-state index is -0.926. The SMILES string of the molecule is O=CCc1ccc2c(c1)oc(=O)n2CCC=Cc1ccc(-c2ccccc2)c(N(C(=O)O)C2CN3CCC2CC3)c1. The van der Waals surface area contributed by atoms with Crippen molar-refractivity contribution < 1.29 is 19.1 Å². The zero-order valence-corrected chi connectivity index (χ0v) is 22.8. The van der Waals surface area contributed by atoms with Crippen LogP contribution in [0.25, 0.3) is 28.3 Å². The van der Waals surface area contributed by atoms with Crippen molar-refractivity contribution in [3.05, 3.63) is 94.5 Å². The molecule has 3 saturated heterocycles. The fraction of sp³-hybridized carbons (Fsp3) is 0.303. The number of aldehydes is 1. The molecule has 0 radical (unpaired) electrons. The highest BCUT2D eigenvalue weighted by Gasteiger charge is 2.40. The van der Waals surface area contributed by atoms with E-state index in [-0.39, 0.29) is 12.5 Å². The number of aryl methyl sites for hydroxylation is 1. The lowest BCUT2D eigenvalue weighted by Crippen LogP contribution is -2.59. The average Bonchev–Trinajstić information content (AvgIpc) is 3.30. The van der Waals surface area contributed by atoms with Gasteiger partial charge in [0.25, 0.3) is 0 Å². The predicted molar refractivity (Wildman–Crippen MR) is 159 cm³/mol. The number of anilines is 1. The number of aromatic nitrogens is 1. The van der Waals surface area contributed by atoms with E-state index in [0.717, 1.165) is 61.0 Å². The maximum absolute atomic E-state index is 12.8. The monoisotopic (exact) mass is 551 g/mol. The molecular formula is C33H33N3O5. The number of benzene rings is 3. The summed E-state index contributed by atoms with van der Waals surface area (Å²) in [5, 5.41) is 10.5. The lowest BCUT2D eigenvalue weighted by molar-refractivity contribution is -0.107. The van der Waals surface area contributed by atoms with Crippen molar-refractivity contribution in [3.8, 4) is 11.1 Å². The highest BCUT2D eigenvalue weighted by atomic mass is 16.4. The van der Waals surface area contributed by atoms with E-state index in [0.29, 0.717) is 35.7 Å². The van der Waals surface area contributed by atoms with Crippen LogP contribution in [0.1, 0.15) is 30.4 Å². The number of hydrogen-bond acceptors (Lipinski definition) is 5. The van der Waals surface area contributed by atoms with Gasteiger partial charge in [-0.1, -0.05) is 60.7 Å². The average molecular weight is 552 g/mol. The molecule has 2 bridgehead atoms. The molecule has 3 aromatic carbocycles. The predicted octanol–water partition coefficient (Wildman–Crippen LogP) is 5.69. The smallest absolute Gasteiger partial charge is 0.419 e. The number of oxazole rings is 1. The van der Waals surface area contributed by atoms with Crippen molar-refractivity contribution in [1.82, 2.24) is 9.47 Å². The van der Waals surface area contributed by atoms with Crippen LogP contribution in [-0.4, -0.2) is 52.6 Å². The summed E-state index contributed by atoms with van der Waals surface area (Å²) in [6.45, 7) is 3.27. The van der Waals surface area contributed by atoms with Gasteiger partial charge in [0.15, 0.2) is 5.58 Å². The second-order valence-corrected chi connectivity index (χ2v) is 10.9. The molecule has 0 spiro atoms. The topological polar surface area (TPSA) is 96.0 Å². The summed E-state index contributed by atoms with van der Waals surface area (Å²) in [5.41, 5.74) is 5.45. The number of amides is 1. The summed E-state index contributed by atoms with van der Waals surface area (Å²) in [5.74, 6) is -0.0719. The molecule has 8 heteroatoms. The Labute approximate surface area is 238 Å². The molecule has 1 amide bonds. The van der Waals surface area contributed by atoms with Crippen LogP contribution in [0.4, 0.5) is 10.5 Å². The van der Waals surface area contributed by atoms with Gasteiger partial charge in [0.2, 0.25) is 0 Å².